The highest BCUT2D eigenvalue weighted by atomic mass is 16.5. The molecule has 0 aliphatic heterocycles. The second-order valence-electron chi connectivity index (χ2n) is 8.43. The molecule has 0 N–H and O–H groups in total. The molecule has 0 unspecified atom stereocenters. The summed E-state index contributed by atoms with van der Waals surface area (Å²) in [7, 11) is 0. The van der Waals surface area contributed by atoms with Gasteiger partial charge >= 0.3 is 0 Å². The quantitative estimate of drug-likeness (QED) is 0.215. The summed E-state index contributed by atoms with van der Waals surface area (Å²) >= 11 is 0. The average molecular weight is 474 g/mol. The zero-order chi connectivity index (χ0) is 26.1. The fourth-order valence-electron chi connectivity index (χ4n) is 4.24. The van der Waals surface area contributed by atoms with Crippen molar-refractivity contribution >= 4 is 22.5 Å². The molecule has 3 aromatic carbocycles. The average Bonchev–Trinajstić information content (AvgIpc) is 2.88. The molecular weight excluding hydrogens is 438 g/mol. The third-order valence-electron chi connectivity index (χ3n) is 5.95. The zero-order valence-corrected chi connectivity index (χ0v) is 21.8. The molecule has 0 fully saturated rings. The highest BCUT2D eigenvalue weighted by Crippen LogP contribution is 2.38. The predicted octanol–water partition coefficient (Wildman–Crippen LogP) is 9.77. The maximum atomic E-state index is 6.23. The van der Waals surface area contributed by atoms with Crippen LogP contribution in [-0.2, 0) is 4.74 Å². The van der Waals surface area contributed by atoms with Crippen LogP contribution in [0.2, 0.25) is 0 Å². The molecule has 0 radical (unpaired) electrons. The maximum absolute atomic E-state index is 6.23. The standard InChI is InChI=1S/C34H35NO/c1-8-29(9-2)35(30-19-12-11-13-20-30)34-23-17-16-22-33(34)31(10-3)28(7)36-27(6)24-26(5)32-21-15-14-18-25(32)4/h8-24H,1,5,7H2,2-4,6H3/b27-24+,29-9+,31-10+. The fourth-order valence-corrected chi connectivity index (χ4v) is 4.24. The van der Waals surface area contributed by atoms with Crippen LogP contribution in [0.15, 0.2) is 140 Å². The van der Waals surface area contributed by atoms with Crippen LogP contribution in [0.25, 0.3) is 11.1 Å². The van der Waals surface area contributed by atoms with E-state index in [1.165, 1.54) is 5.56 Å². The highest BCUT2D eigenvalue weighted by Gasteiger charge is 2.19. The van der Waals surface area contributed by atoms with E-state index in [9.17, 15) is 0 Å². The SMILES string of the molecule is C=C/C(=C\C)N(c1ccccc1)c1ccccc1/C(=C/C)C(=C)O/C(C)=C/C(=C)c1ccccc1C. The molecule has 3 aromatic rings. The normalized spacial score (nSPS) is 12.2. The lowest BCUT2D eigenvalue weighted by Crippen LogP contribution is -2.16. The molecule has 0 aliphatic carbocycles. The Balaban J connectivity index is 1.97. The molecule has 2 heteroatoms. The number of hydrogen-bond donors (Lipinski definition) is 0. The fraction of sp³-hybridized carbons (Fsp3) is 0.118. The molecule has 2 nitrogen and oxygen atoms in total. The molecule has 0 heterocycles. The molecule has 182 valence electrons. The van der Waals surface area contributed by atoms with Gasteiger partial charge in [-0.15, -0.1) is 0 Å². The van der Waals surface area contributed by atoms with Crippen molar-refractivity contribution in [2.75, 3.05) is 4.90 Å². The molecule has 0 saturated heterocycles. The van der Waals surface area contributed by atoms with Gasteiger partial charge in [0.2, 0.25) is 0 Å². The van der Waals surface area contributed by atoms with Crippen molar-refractivity contribution < 1.29 is 4.74 Å². The number of para-hydroxylation sites is 2. The number of rotatable bonds is 10. The number of benzene rings is 3. The van der Waals surface area contributed by atoms with E-state index in [4.69, 9.17) is 4.74 Å². The van der Waals surface area contributed by atoms with E-state index in [2.05, 4.69) is 74.0 Å². The molecule has 3 rings (SSSR count). The second-order valence-corrected chi connectivity index (χ2v) is 8.43. The van der Waals surface area contributed by atoms with E-state index in [-0.39, 0.29) is 0 Å². The summed E-state index contributed by atoms with van der Waals surface area (Å²) in [6.07, 6.45) is 7.92. The Bertz CT molecular complexity index is 1340. The number of hydrogen-bond acceptors (Lipinski definition) is 2. The van der Waals surface area contributed by atoms with Gasteiger partial charge in [-0.1, -0.05) is 92.6 Å². The molecule has 0 aliphatic rings. The van der Waals surface area contributed by atoms with Gasteiger partial charge in [0.05, 0.1) is 5.69 Å². The largest absolute Gasteiger partial charge is 0.462 e. The van der Waals surface area contributed by atoms with E-state index in [0.29, 0.717) is 5.76 Å². The van der Waals surface area contributed by atoms with Crippen LogP contribution < -0.4 is 4.90 Å². The number of aryl methyl sites for hydroxylation is 1. The van der Waals surface area contributed by atoms with Gasteiger partial charge in [-0.3, -0.25) is 0 Å². The van der Waals surface area contributed by atoms with Gasteiger partial charge in [0.15, 0.2) is 0 Å². The molecule has 0 aromatic heterocycles. The third kappa shape index (κ3) is 6.03. The summed E-state index contributed by atoms with van der Waals surface area (Å²) in [5.41, 5.74) is 8.16. The van der Waals surface area contributed by atoms with Crippen molar-refractivity contribution in [2.24, 2.45) is 0 Å². The Morgan fingerprint density at radius 1 is 0.806 bits per heavy atom. The Hall–Kier alpha value is -4.30. The Kier molecular flexibility index (Phi) is 9.07. The van der Waals surface area contributed by atoms with Crippen molar-refractivity contribution in [3.63, 3.8) is 0 Å². The zero-order valence-electron chi connectivity index (χ0n) is 21.8. The van der Waals surface area contributed by atoms with E-state index in [1.54, 1.807) is 0 Å². The van der Waals surface area contributed by atoms with Gasteiger partial charge in [0, 0.05) is 22.5 Å². The van der Waals surface area contributed by atoms with Gasteiger partial charge in [0.25, 0.3) is 0 Å². The van der Waals surface area contributed by atoms with E-state index in [1.807, 2.05) is 81.5 Å². The number of nitrogens with zero attached hydrogens (tertiary/aromatic N) is 1. The first-order valence-corrected chi connectivity index (χ1v) is 12.1. The van der Waals surface area contributed by atoms with Crippen molar-refractivity contribution in [1.29, 1.82) is 0 Å². The van der Waals surface area contributed by atoms with E-state index in [0.717, 1.165) is 45.1 Å². The van der Waals surface area contributed by atoms with Crippen molar-refractivity contribution in [2.45, 2.75) is 27.7 Å². The summed E-state index contributed by atoms with van der Waals surface area (Å²) < 4.78 is 6.23. The van der Waals surface area contributed by atoms with Crippen LogP contribution in [-0.4, -0.2) is 0 Å². The second kappa shape index (κ2) is 12.4. The third-order valence-corrected chi connectivity index (χ3v) is 5.95. The summed E-state index contributed by atoms with van der Waals surface area (Å²) in [5.74, 6) is 1.30. The van der Waals surface area contributed by atoms with Gasteiger partial charge in [-0.25, -0.2) is 0 Å². The number of allylic oxidation sites excluding steroid dienone is 7. The van der Waals surface area contributed by atoms with Crippen molar-refractivity contribution in [3.8, 4) is 0 Å². The minimum absolute atomic E-state index is 0.574. The first kappa shape index (κ1) is 26.3. The van der Waals surface area contributed by atoms with Crippen LogP contribution in [0, 0.1) is 6.92 Å². The predicted molar refractivity (Wildman–Crippen MR) is 157 cm³/mol. The lowest BCUT2D eigenvalue weighted by molar-refractivity contribution is 0.329. The van der Waals surface area contributed by atoms with Crippen LogP contribution in [0.5, 0.6) is 0 Å². The van der Waals surface area contributed by atoms with Crippen molar-refractivity contribution in [3.05, 3.63) is 157 Å². The minimum atomic E-state index is 0.574. The van der Waals surface area contributed by atoms with Crippen LogP contribution >= 0.6 is 0 Å². The molecule has 0 bridgehead atoms. The van der Waals surface area contributed by atoms with E-state index < -0.39 is 0 Å². The van der Waals surface area contributed by atoms with E-state index >= 15 is 0 Å². The minimum Gasteiger partial charge on any atom is -0.462 e. The summed E-state index contributed by atoms with van der Waals surface area (Å²) in [6.45, 7) is 20.6. The number of ether oxygens (including phenoxy) is 1. The van der Waals surface area contributed by atoms with Crippen LogP contribution in [0.4, 0.5) is 11.4 Å². The van der Waals surface area contributed by atoms with Crippen LogP contribution in [0.1, 0.15) is 37.5 Å². The Morgan fingerprint density at radius 3 is 2.03 bits per heavy atom. The van der Waals surface area contributed by atoms with Gasteiger partial charge in [-0.2, -0.15) is 0 Å². The van der Waals surface area contributed by atoms with Gasteiger partial charge < -0.3 is 9.64 Å². The van der Waals surface area contributed by atoms with Gasteiger partial charge in [0.1, 0.15) is 11.5 Å². The Morgan fingerprint density at radius 2 is 1.42 bits per heavy atom. The highest BCUT2D eigenvalue weighted by molar-refractivity contribution is 5.88. The van der Waals surface area contributed by atoms with Crippen LogP contribution in [0.3, 0.4) is 0 Å². The first-order valence-electron chi connectivity index (χ1n) is 12.1. The summed E-state index contributed by atoms with van der Waals surface area (Å²) in [5, 5.41) is 0. The summed E-state index contributed by atoms with van der Waals surface area (Å²) in [4.78, 5) is 2.20. The number of anilines is 2. The van der Waals surface area contributed by atoms with Crippen molar-refractivity contribution in [1.82, 2.24) is 0 Å². The van der Waals surface area contributed by atoms with Gasteiger partial charge in [-0.05, 0) is 74.7 Å². The monoisotopic (exact) mass is 473 g/mol. The lowest BCUT2D eigenvalue weighted by Gasteiger charge is -2.29. The topological polar surface area (TPSA) is 12.5 Å². The first-order chi connectivity index (χ1) is 17.4. The lowest BCUT2D eigenvalue weighted by atomic mass is 10.00. The Labute approximate surface area is 216 Å². The molecule has 36 heavy (non-hydrogen) atoms. The molecule has 0 spiro atoms. The molecule has 0 saturated carbocycles. The maximum Gasteiger partial charge on any atom is 0.127 e. The molecule has 0 amide bonds. The molecule has 0 atom stereocenters. The molecular formula is C34H35NO. The summed E-state index contributed by atoms with van der Waals surface area (Å²) in [6, 6.07) is 26.8. The smallest absolute Gasteiger partial charge is 0.127 e.